The summed E-state index contributed by atoms with van der Waals surface area (Å²) in [5.41, 5.74) is 9.08. The van der Waals surface area contributed by atoms with Crippen molar-refractivity contribution in [3.63, 3.8) is 0 Å². The fourth-order valence-corrected chi connectivity index (χ4v) is 2.59. The number of fused-ring (bicyclic) bond motifs is 1. The van der Waals surface area contributed by atoms with Gasteiger partial charge in [0.05, 0.1) is 15.2 Å². The Balaban J connectivity index is 2.71. The maximum absolute atomic E-state index is 5.83. The molecule has 0 fully saturated rings. The average molecular weight is 206 g/mol. The van der Waals surface area contributed by atoms with Gasteiger partial charge in [0.25, 0.3) is 0 Å². The van der Waals surface area contributed by atoms with Crippen LogP contribution in [0.4, 0.5) is 5.69 Å². The molecule has 2 nitrogen and oxygen atoms in total. The van der Waals surface area contributed by atoms with Crippen molar-refractivity contribution in [2.24, 2.45) is 0 Å². The number of nitrogens with two attached hydrogens (primary N) is 1. The van der Waals surface area contributed by atoms with Gasteiger partial charge in [0.15, 0.2) is 0 Å². The number of hydrogen-bond donors (Lipinski definition) is 1. The van der Waals surface area contributed by atoms with E-state index in [1.807, 2.05) is 12.1 Å². The van der Waals surface area contributed by atoms with E-state index in [2.05, 4.69) is 18.8 Å². The van der Waals surface area contributed by atoms with Crippen molar-refractivity contribution in [1.29, 1.82) is 0 Å². The highest BCUT2D eigenvalue weighted by atomic mass is 32.1. The number of anilines is 1. The van der Waals surface area contributed by atoms with Gasteiger partial charge in [-0.15, -0.1) is 11.3 Å². The Morgan fingerprint density at radius 3 is 2.71 bits per heavy atom. The zero-order valence-corrected chi connectivity index (χ0v) is 9.32. The first-order chi connectivity index (χ1) is 6.74. The van der Waals surface area contributed by atoms with Crippen molar-refractivity contribution < 1.29 is 0 Å². The molecule has 2 aromatic rings. The highest BCUT2D eigenvalue weighted by Gasteiger charge is 2.07. The minimum atomic E-state index is 0.848. The van der Waals surface area contributed by atoms with Crippen LogP contribution in [0.25, 0.3) is 10.2 Å². The van der Waals surface area contributed by atoms with Crippen LogP contribution in [0.5, 0.6) is 0 Å². The molecular weight excluding hydrogens is 192 g/mol. The molecule has 1 aromatic heterocycles. The molecule has 14 heavy (non-hydrogen) atoms. The zero-order valence-electron chi connectivity index (χ0n) is 8.50. The van der Waals surface area contributed by atoms with E-state index in [4.69, 9.17) is 5.73 Å². The molecule has 0 saturated carbocycles. The van der Waals surface area contributed by atoms with Crippen LogP contribution >= 0.6 is 11.3 Å². The van der Waals surface area contributed by atoms with Crippen molar-refractivity contribution in [3.8, 4) is 0 Å². The van der Waals surface area contributed by atoms with Crippen molar-refractivity contribution in [1.82, 2.24) is 4.98 Å². The molecule has 0 aliphatic heterocycles. The second kappa shape index (κ2) is 3.58. The fourth-order valence-electron chi connectivity index (χ4n) is 1.59. The third-order valence-electron chi connectivity index (χ3n) is 2.32. The minimum absolute atomic E-state index is 0.848. The smallest absolute Gasteiger partial charge is 0.0936 e. The van der Waals surface area contributed by atoms with Gasteiger partial charge in [0.1, 0.15) is 0 Å². The molecular formula is C11H14N2S. The summed E-state index contributed by atoms with van der Waals surface area (Å²) in [6.45, 7) is 4.27. The Kier molecular flexibility index (Phi) is 2.42. The van der Waals surface area contributed by atoms with Crippen molar-refractivity contribution in [2.75, 3.05) is 5.73 Å². The summed E-state index contributed by atoms with van der Waals surface area (Å²) in [4.78, 5) is 4.61. The Bertz CT molecular complexity index is 460. The van der Waals surface area contributed by atoms with E-state index in [-0.39, 0.29) is 0 Å². The number of thiazole rings is 1. The molecule has 2 rings (SSSR count). The van der Waals surface area contributed by atoms with E-state index in [9.17, 15) is 0 Å². The molecule has 0 spiro atoms. The van der Waals surface area contributed by atoms with Crippen LogP contribution in [0.3, 0.4) is 0 Å². The quantitative estimate of drug-likeness (QED) is 0.767. The van der Waals surface area contributed by atoms with Gasteiger partial charge in [-0.2, -0.15) is 0 Å². The minimum Gasteiger partial charge on any atom is -0.399 e. The van der Waals surface area contributed by atoms with Crippen LogP contribution in [0, 0.1) is 0 Å². The summed E-state index contributed by atoms with van der Waals surface area (Å²) in [7, 11) is 0. The summed E-state index contributed by atoms with van der Waals surface area (Å²) in [6, 6.07) is 4.05. The molecule has 0 atom stereocenters. The number of benzene rings is 1. The van der Waals surface area contributed by atoms with Crippen LogP contribution in [-0.4, -0.2) is 4.98 Å². The van der Waals surface area contributed by atoms with Gasteiger partial charge in [0.2, 0.25) is 0 Å². The van der Waals surface area contributed by atoms with E-state index in [0.29, 0.717) is 0 Å². The lowest BCUT2D eigenvalue weighted by molar-refractivity contribution is 1.09. The lowest BCUT2D eigenvalue weighted by atomic mass is 10.1. The van der Waals surface area contributed by atoms with E-state index >= 15 is 0 Å². The third kappa shape index (κ3) is 1.48. The number of hydrogen-bond acceptors (Lipinski definition) is 3. The summed E-state index contributed by atoms with van der Waals surface area (Å²) in [5.74, 6) is 0. The van der Waals surface area contributed by atoms with Crippen LogP contribution in [0.15, 0.2) is 12.1 Å². The Morgan fingerprint density at radius 2 is 2.07 bits per heavy atom. The third-order valence-corrected chi connectivity index (χ3v) is 3.47. The molecule has 0 saturated heterocycles. The molecule has 0 unspecified atom stereocenters. The van der Waals surface area contributed by atoms with Crippen LogP contribution in [0.1, 0.15) is 24.4 Å². The van der Waals surface area contributed by atoms with Gasteiger partial charge in [-0.1, -0.05) is 13.8 Å². The Labute approximate surface area is 87.8 Å². The van der Waals surface area contributed by atoms with Crippen molar-refractivity contribution in [3.05, 3.63) is 22.7 Å². The molecule has 3 heteroatoms. The highest BCUT2D eigenvalue weighted by Crippen LogP contribution is 2.28. The van der Waals surface area contributed by atoms with Crippen molar-refractivity contribution in [2.45, 2.75) is 26.7 Å². The van der Waals surface area contributed by atoms with Crippen LogP contribution in [-0.2, 0) is 12.8 Å². The van der Waals surface area contributed by atoms with Crippen LogP contribution < -0.4 is 5.73 Å². The first kappa shape index (κ1) is 9.46. The molecule has 2 N–H and O–H groups in total. The SMILES string of the molecule is CCc1nc2c(CC)cc(N)cc2s1. The normalized spacial score (nSPS) is 11.0. The first-order valence-electron chi connectivity index (χ1n) is 4.92. The summed E-state index contributed by atoms with van der Waals surface area (Å²) < 4.78 is 1.22. The number of aryl methyl sites for hydroxylation is 2. The molecule has 1 heterocycles. The van der Waals surface area contributed by atoms with E-state index < -0.39 is 0 Å². The number of aromatic nitrogens is 1. The maximum atomic E-state index is 5.83. The van der Waals surface area contributed by atoms with Gasteiger partial charge in [-0.3, -0.25) is 0 Å². The molecule has 1 aromatic carbocycles. The van der Waals surface area contributed by atoms with Crippen LogP contribution in [0.2, 0.25) is 0 Å². The maximum Gasteiger partial charge on any atom is 0.0936 e. The zero-order chi connectivity index (χ0) is 10.1. The molecule has 0 radical (unpaired) electrons. The van der Waals surface area contributed by atoms with E-state index in [1.54, 1.807) is 11.3 Å². The monoisotopic (exact) mass is 206 g/mol. The molecule has 0 aliphatic carbocycles. The molecule has 0 amide bonds. The fraction of sp³-hybridized carbons (Fsp3) is 0.364. The molecule has 74 valence electrons. The lowest BCUT2D eigenvalue weighted by Gasteiger charge is -1.99. The van der Waals surface area contributed by atoms with E-state index in [1.165, 1.54) is 15.3 Å². The largest absolute Gasteiger partial charge is 0.399 e. The number of nitrogen functional groups attached to an aromatic ring is 1. The topological polar surface area (TPSA) is 38.9 Å². The highest BCUT2D eigenvalue weighted by molar-refractivity contribution is 7.18. The lowest BCUT2D eigenvalue weighted by Crippen LogP contribution is -1.89. The summed E-state index contributed by atoms with van der Waals surface area (Å²) >= 11 is 1.75. The van der Waals surface area contributed by atoms with Gasteiger partial charge < -0.3 is 5.73 Å². The number of nitrogens with zero attached hydrogens (tertiary/aromatic N) is 1. The molecule has 0 bridgehead atoms. The van der Waals surface area contributed by atoms with Gasteiger partial charge in [0, 0.05) is 5.69 Å². The standard InChI is InChI=1S/C11H14N2S/c1-3-7-5-8(12)6-9-11(7)13-10(4-2)14-9/h5-6H,3-4,12H2,1-2H3. The second-order valence-corrected chi connectivity index (χ2v) is 4.46. The van der Waals surface area contributed by atoms with Gasteiger partial charge in [-0.25, -0.2) is 4.98 Å². The van der Waals surface area contributed by atoms with Gasteiger partial charge in [-0.05, 0) is 30.5 Å². The second-order valence-electron chi connectivity index (χ2n) is 3.34. The van der Waals surface area contributed by atoms with E-state index in [0.717, 1.165) is 24.0 Å². The van der Waals surface area contributed by atoms with Crippen molar-refractivity contribution >= 4 is 27.2 Å². The first-order valence-corrected chi connectivity index (χ1v) is 5.74. The van der Waals surface area contributed by atoms with Gasteiger partial charge >= 0.3 is 0 Å². The Hall–Kier alpha value is -1.09. The Morgan fingerprint density at radius 1 is 1.29 bits per heavy atom. The average Bonchev–Trinajstić information content (AvgIpc) is 2.59. The molecule has 0 aliphatic rings. The number of rotatable bonds is 2. The summed E-state index contributed by atoms with van der Waals surface area (Å²) in [6.07, 6.45) is 2.00. The predicted molar refractivity (Wildman–Crippen MR) is 62.8 cm³/mol. The summed E-state index contributed by atoms with van der Waals surface area (Å²) in [5, 5.41) is 1.19. The predicted octanol–water partition coefficient (Wildman–Crippen LogP) is 3.00.